The summed E-state index contributed by atoms with van der Waals surface area (Å²) in [6.45, 7) is 2.31. The number of nitrogens with zero attached hydrogens (tertiary/aromatic N) is 1. The molecule has 1 aromatic heterocycles. The molecule has 0 saturated carbocycles. The van der Waals surface area contributed by atoms with Crippen molar-refractivity contribution >= 4 is 29.7 Å². The highest BCUT2D eigenvalue weighted by molar-refractivity contribution is 7.09. The van der Waals surface area contributed by atoms with Gasteiger partial charge in [-0.05, 0) is 13.5 Å². The molecule has 1 amide bonds. The van der Waals surface area contributed by atoms with Crippen molar-refractivity contribution in [1.82, 2.24) is 15.6 Å². The first-order valence-corrected chi connectivity index (χ1v) is 6.73. The van der Waals surface area contributed by atoms with E-state index in [2.05, 4.69) is 15.6 Å². The largest absolute Gasteiger partial charge is 0.434 e. The Kier molecular flexibility index (Phi) is 8.07. The van der Waals surface area contributed by atoms with Crippen molar-refractivity contribution in [3.05, 3.63) is 16.1 Å². The molecule has 2 N–H and O–H groups in total. The van der Waals surface area contributed by atoms with Crippen LogP contribution < -0.4 is 10.6 Å². The van der Waals surface area contributed by atoms with Crippen molar-refractivity contribution in [3.8, 4) is 0 Å². The lowest BCUT2D eigenvalue weighted by Gasteiger charge is -2.14. The van der Waals surface area contributed by atoms with Crippen LogP contribution in [0.2, 0.25) is 0 Å². The lowest BCUT2D eigenvalue weighted by Crippen LogP contribution is -2.30. The van der Waals surface area contributed by atoms with Gasteiger partial charge < -0.3 is 10.6 Å². The number of hydrogen-bond donors (Lipinski definition) is 2. The monoisotopic (exact) mass is 331 g/mol. The van der Waals surface area contributed by atoms with Gasteiger partial charge in [0.2, 0.25) is 5.91 Å². The maximum atomic E-state index is 12.4. The quantitative estimate of drug-likeness (QED) is 0.842. The van der Waals surface area contributed by atoms with Crippen molar-refractivity contribution in [2.45, 2.75) is 32.0 Å². The van der Waals surface area contributed by atoms with Crippen LogP contribution in [0.25, 0.3) is 0 Å². The maximum Gasteiger partial charge on any atom is 0.434 e. The van der Waals surface area contributed by atoms with Gasteiger partial charge in [0.05, 0.1) is 6.04 Å². The Hall–Kier alpha value is -0.860. The summed E-state index contributed by atoms with van der Waals surface area (Å²) < 4.78 is 37.3. The van der Waals surface area contributed by atoms with Crippen molar-refractivity contribution in [2.24, 2.45) is 0 Å². The van der Waals surface area contributed by atoms with Gasteiger partial charge in [-0.1, -0.05) is 6.92 Å². The number of alkyl halides is 3. The van der Waals surface area contributed by atoms with E-state index in [1.54, 1.807) is 14.0 Å². The molecular weight excluding hydrogens is 315 g/mol. The van der Waals surface area contributed by atoms with Gasteiger partial charge in [0.1, 0.15) is 5.01 Å². The van der Waals surface area contributed by atoms with E-state index < -0.39 is 17.9 Å². The first kappa shape index (κ1) is 19.1. The number of carbonyl (C=O) groups excluding carboxylic acids is 1. The van der Waals surface area contributed by atoms with Gasteiger partial charge in [-0.2, -0.15) is 13.2 Å². The molecular formula is C11H17ClF3N3OS. The van der Waals surface area contributed by atoms with E-state index in [4.69, 9.17) is 0 Å². The second kappa shape index (κ2) is 8.43. The minimum Gasteiger partial charge on any atom is -0.347 e. The van der Waals surface area contributed by atoms with Crippen LogP contribution in [-0.4, -0.2) is 24.5 Å². The van der Waals surface area contributed by atoms with Crippen molar-refractivity contribution < 1.29 is 18.0 Å². The number of rotatable bonds is 6. The Balaban J connectivity index is 0.00000361. The van der Waals surface area contributed by atoms with Crippen molar-refractivity contribution in [3.63, 3.8) is 0 Å². The molecule has 0 aliphatic rings. The van der Waals surface area contributed by atoms with E-state index in [9.17, 15) is 18.0 Å². The lowest BCUT2D eigenvalue weighted by molar-refractivity contribution is -0.140. The smallest absolute Gasteiger partial charge is 0.347 e. The summed E-state index contributed by atoms with van der Waals surface area (Å²) in [5.41, 5.74) is -0.907. The van der Waals surface area contributed by atoms with Crippen LogP contribution in [0.15, 0.2) is 5.38 Å². The number of amides is 1. The summed E-state index contributed by atoms with van der Waals surface area (Å²) in [4.78, 5) is 15.1. The maximum absolute atomic E-state index is 12.4. The first-order valence-electron chi connectivity index (χ1n) is 5.85. The van der Waals surface area contributed by atoms with E-state index in [0.29, 0.717) is 13.0 Å². The highest BCUT2D eigenvalue weighted by Crippen LogP contribution is 2.32. The van der Waals surface area contributed by atoms with E-state index in [-0.39, 0.29) is 29.7 Å². The Morgan fingerprint density at radius 2 is 2.15 bits per heavy atom. The molecule has 1 atom stereocenters. The SMILES string of the molecule is CCC(NC(=O)CCNC)c1nc(C(F)(F)F)cs1.Cl. The predicted octanol–water partition coefficient (Wildman–Crippen LogP) is 2.76. The van der Waals surface area contributed by atoms with Gasteiger partial charge in [-0.25, -0.2) is 4.98 Å². The third kappa shape index (κ3) is 5.64. The predicted molar refractivity (Wildman–Crippen MR) is 74.1 cm³/mol. The molecule has 0 bridgehead atoms. The molecule has 20 heavy (non-hydrogen) atoms. The summed E-state index contributed by atoms with van der Waals surface area (Å²) in [6.07, 6.45) is -3.66. The molecule has 0 saturated heterocycles. The highest BCUT2D eigenvalue weighted by atomic mass is 35.5. The normalized spacial score (nSPS) is 12.7. The third-order valence-electron chi connectivity index (χ3n) is 2.46. The van der Waals surface area contributed by atoms with Gasteiger partial charge >= 0.3 is 6.18 Å². The van der Waals surface area contributed by atoms with Gasteiger partial charge in [0.15, 0.2) is 5.69 Å². The fourth-order valence-electron chi connectivity index (χ4n) is 1.42. The molecule has 1 unspecified atom stereocenters. The topological polar surface area (TPSA) is 54.0 Å². The number of aromatic nitrogens is 1. The minimum absolute atomic E-state index is 0. The van der Waals surface area contributed by atoms with Crippen molar-refractivity contribution in [1.29, 1.82) is 0 Å². The van der Waals surface area contributed by atoms with Gasteiger partial charge in [0.25, 0.3) is 0 Å². The van der Waals surface area contributed by atoms with Crippen LogP contribution in [0.1, 0.15) is 36.5 Å². The van der Waals surface area contributed by atoms with Crippen LogP contribution in [0, 0.1) is 0 Å². The zero-order valence-corrected chi connectivity index (χ0v) is 12.7. The van der Waals surface area contributed by atoms with Crippen LogP contribution in [-0.2, 0) is 11.0 Å². The molecule has 0 spiro atoms. The van der Waals surface area contributed by atoms with Gasteiger partial charge in [-0.15, -0.1) is 23.7 Å². The van der Waals surface area contributed by atoms with Crippen LogP contribution in [0.3, 0.4) is 0 Å². The molecule has 0 aliphatic carbocycles. The second-order valence-electron chi connectivity index (χ2n) is 3.95. The molecule has 4 nitrogen and oxygen atoms in total. The van der Waals surface area contributed by atoms with Crippen LogP contribution >= 0.6 is 23.7 Å². The standard InChI is InChI=1S/C11H16F3N3OS.ClH/c1-3-7(16-9(18)4-5-15-2)10-17-8(6-19-10)11(12,13)14;/h6-7,15H,3-5H2,1-2H3,(H,16,18);1H. The van der Waals surface area contributed by atoms with E-state index in [1.165, 1.54) is 0 Å². The number of thiazole rings is 1. The Bertz CT molecular complexity index is 425. The summed E-state index contributed by atoms with van der Waals surface area (Å²) in [6, 6.07) is -0.467. The average molecular weight is 332 g/mol. The summed E-state index contributed by atoms with van der Waals surface area (Å²) in [5, 5.41) is 6.77. The Morgan fingerprint density at radius 1 is 1.50 bits per heavy atom. The molecule has 1 rings (SSSR count). The number of halogens is 4. The third-order valence-corrected chi connectivity index (χ3v) is 3.41. The molecule has 1 aromatic rings. The molecule has 1 heterocycles. The molecule has 0 radical (unpaired) electrons. The molecule has 116 valence electrons. The second-order valence-corrected chi connectivity index (χ2v) is 4.84. The Morgan fingerprint density at radius 3 is 2.60 bits per heavy atom. The van der Waals surface area contributed by atoms with E-state index >= 15 is 0 Å². The van der Waals surface area contributed by atoms with E-state index in [0.717, 1.165) is 16.7 Å². The number of nitrogens with one attached hydrogen (secondary N) is 2. The highest BCUT2D eigenvalue weighted by Gasteiger charge is 2.34. The first-order chi connectivity index (χ1) is 8.88. The molecule has 9 heteroatoms. The lowest BCUT2D eigenvalue weighted by atomic mass is 10.2. The Labute approximate surface area is 125 Å². The van der Waals surface area contributed by atoms with Gasteiger partial charge in [-0.3, -0.25) is 4.79 Å². The zero-order valence-electron chi connectivity index (χ0n) is 11.1. The summed E-state index contributed by atoms with van der Waals surface area (Å²) in [5.74, 6) is -0.204. The fraction of sp³-hybridized carbons (Fsp3) is 0.636. The van der Waals surface area contributed by atoms with Crippen LogP contribution in [0.5, 0.6) is 0 Å². The van der Waals surface area contributed by atoms with Gasteiger partial charge in [0, 0.05) is 18.3 Å². The summed E-state index contributed by atoms with van der Waals surface area (Å²) in [7, 11) is 1.72. The summed E-state index contributed by atoms with van der Waals surface area (Å²) >= 11 is 0.913. The van der Waals surface area contributed by atoms with E-state index in [1.807, 2.05) is 0 Å². The number of carbonyl (C=O) groups is 1. The fourth-order valence-corrected chi connectivity index (χ4v) is 2.38. The molecule has 0 fully saturated rings. The molecule has 0 aliphatic heterocycles. The van der Waals surface area contributed by atoms with Crippen molar-refractivity contribution in [2.75, 3.05) is 13.6 Å². The average Bonchev–Trinajstić information content (AvgIpc) is 2.82. The zero-order chi connectivity index (χ0) is 14.5. The molecule has 0 aromatic carbocycles. The number of hydrogen-bond acceptors (Lipinski definition) is 4. The minimum atomic E-state index is -4.44. The van der Waals surface area contributed by atoms with Crippen LogP contribution in [0.4, 0.5) is 13.2 Å².